The second kappa shape index (κ2) is 6.88. The molecule has 0 aliphatic heterocycles. The van der Waals surface area contributed by atoms with Gasteiger partial charge in [0.1, 0.15) is 11.6 Å². The van der Waals surface area contributed by atoms with Crippen LogP contribution in [0.4, 0.5) is 8.78 Å². The van der Waals surface area contributed by atoms with Crippen molar-refractivity contribution in [3.63, 3.8) is 0 Å². The zero-order valence-corrected chi connectivity index (χ0v) is 15.3. The second-order valence-corrected chi connectivity index (χ2v) is 7.87. The van der Waals surface area contributed by atoms with Gasteiger partial charge in [0.2, 0.25) is 0 Å². The number of thioether (sulfide) groups is 1. The average Bonchev–Trinajstić information content (AvgIpc) is 3.46. The first-order chi connectivity index (χ1) is 13.0. The number of Topliss-reactive ketones (excluding diaryl/α,β-unsaturated/α-hetero) is 1. The van der Waals surface area contributed by atoms with Gasteiger partial charge in [-0.1, -0.05) is 23.9 Å². The molecule has 0 radical (unpaired) electrons. The van der Waals surface area contributed by atoms with E-state index in [4.69, 9.17) is 0 Å². The molecule has 0 saturated heterocycles. The average molecular weight is 386 g/mol. The number of aromatic nitrogens is 2. The number of para-hydroxylation sites is 1. The van der Waals surface area contributed by atoms with Gasteiger partial charge < -0.3 is 0 Å². The molecule has 0 amide bonds. The number of halogens is 2. The molecule has 1 unspecified atom stereocenters. The minimum Gasteiger partial charge on any atom is -0.293 e. The summed E-state index contributed by atoms with van der Waals surface area (Å²) in [5.41, 5.74) is 0.269. The van der Waals surface area contributed by atoms with Gasteiger partial charge in [-0.3, -0.25) is 14.2 Å². The highest BCUT2D eigenvalue weighted by Crippen LogP contribution is 2.38. The van der Waals surface area contributed by atoms with E-state index in [1.807, 2.05) is 0 Å². The number of ketones is 1. The van der Waals surface area contributed by atoms with Crippen molar-refractivity contribution in [3.05, 3.63) is 70.0 Å². The summed E-state index contributed by atoms with van der Waals surface area (Å²) >= 11 is 1.13. The monoisotopic (exact) mass is 386 g/mol. The smallest absolute Gasteiger partial charge is 0.262 e. The van der Waals surface area contributed by atoms with Crippen LogP contribution in [-0.2, 0) is 0 Å². The molecule has 3 aromatic rings. The first-order valence-electron chi connectivity index (χ1n) is 8.63. The van der Waals surface area contributed by atoms with Crippen LogP contribution in [0.5, 0.6) is 0 Å². The van der Waals surface area contributed by atoms with Gasteiger partial charge in [0.25, 0.3) is 5.56 Å². The van der Waals surface area contributed by atoms with Crippen LogP contribution < -0.4 is 5.56 Å². The Morgan fingerprint density at radius 3 is 2.67 bits per heavy atom. The van der Waals surface area contributed by atoms with Crippen LogP contribution in [-0.4, -0.2) is 20.6 Å². The van der Waals surface area contributed by atoms with E-state index in [2.05, 4.69) is 4.98 Å². The molecule has 0 N–H and O–H groups in total. The molecule has 1 saturated carbocycles. The quantitative estimate of drug-likeness (QED) is 0.371. The number of carbonyl (C=O) groups excluding carboxylic acids is 1. The van der Waals surface area contributed by atoms with Crippen molar-refractivity contribution in [1.29, 1.82) is 0 Å². The summed E-state index contributed by atoms with van der Waals surface area (Å²) in [5.74, 6) is -2.09. The molecule has 27 heavy (non-hydrogen) atoms. The van der Waals surface area contributed by atoms with Crippen molar-refractivity contribution in [3.8, 4) is 0 Å². The summed E-state index contributed by atoms with van der Waals surface area (Å²) in [5, 5.41) is 0.310. The van der Waals surface area contributed by atoms with E-state index in [9.17, 15) is 18.4 Å². The first kappa shape index (κ1) is 17.9. The van der Waals surface area contributed by atoms with E-state index < -0.39 is 22.7 Å². The molecule has 4 nitrogen and oxygen atoms in total. The largest absolute Gasteiger partial charge is 0.293 e. The Kier molecular flexibility index (Phi) is 4.55. The van der Waals surface area contributed by atoms with Crippen LogP contribution in [0.15, 0.2) is 52.4 Å². The minimum absolute atomic E-state index is 0.0852. The fourth-order valence-electron chi connectivity index (χ4n) is 2.98. The maximum absolute atomic E-state index is 13.9. The summed E-state index contributed by atoms with van der Waals surface area (Å²) < 4.78 is 28.7. The molecular weight excluding hydrogens is 370 g/mol. The highest BCUT2D eigenvalue weighted by Gasteiger charge is 2.30. The molecule has 4 rings (SSSR count). The number of benzene rings is 2. The molecule has 1 heterocycles. The van der Waals surface area contributed by atoms with Crippen molar-refractivity contribution < 1.29 is 13.6 Å². The lowest BCUT2D eigenvalue weighted by Gasteiger charge is -2.15. The van der Waals surface area contributed by atoms with Crippen molar-refractivity contribution in [2.45, 2.75) is 36.2 Å². The van der Waals surface area contributed by atoms with Gasteiger partial charge in [0.05, 0.1) is 21.7 Å². The van der Waals surface area contributed by atoms with E-state index in [-0.39, 0.29) is 17.2 Å². The molecule has 0 bridgehead atoms. The van der Waals surface area contributed by atoms with E-state index in [1.165, 1.54) is 0 Å². The van der Waals surface area contributed by atoms with Crippen LogP contribution in [0, 0.1) is 11.6 Å². The van der Waals surface area contributed by atoms with E-state index in [0.717, 1.165) is 36.7 Å². The lowest BCUT2D eigenvalue weighted by molar-refractivity contribution is 0.0990. The number of nitrogens with zero attached hydrogens (tertiary/aromatic N) is 2. The standard InChI is InChI=1S/C20H16F2N2O2S/c1-11(18(25)14-9-6-12(21)10-16(14)22)27-20-23-17-5-3-2-4-15(17)19(26)24(20)13-7-8-13/h2-6,9-11,13H,7-8H2,1H3. The van der Waals surface area contributed by atoms with Crippen LogP contribution in [0.3, 0.4) is 0 Å². The zero-order chi connectivity index (χ0) is 19.1. The maximum Gasteiger partial charge on any atom is 0.262 e. The molecule has 1 fully saturated rings. The van der Waals surface area contributed by atoms with Gasteiger partial charge in [-0.25, -0.2) is 13.8 Å². The van der Waals surface area contributed by atoms with Gasteiger partial charge in [-0.05, 0) is 44.0 Å². The fourth-order valence-corrected chi connectivity index (χ4v) is 4.03. The van der Waals surface area contributed by atoms with Gasteiger partial charge in [0, 0.05) is 12.1 Å². The van der Waals surface area contributed by atoms with Crippen molar-refractivity contribution in [2.75, 3.05) is 0 Å². The van der Waals surface area contributed by atoms with E-state index in [1.54, 1.807) is 35.8 Å². The zero-order valence-electron chi connectivity index (χ0n) is 14.5. The normalized spacial score (nSPS) is 15.1. The third kappa shape index (κ3) is 3.39. The molecule has 7 heteroatoms. The summed E-state index contributed by atoms with van der Waals surface area (Å²) in [6.45, 7) is 1.63. The number of rotatable bonds is 5. The van der Waals surface area contributed by atoms with Crippen molar-refractivity contribution >= 4 is 28.4 Å². The Morgan fingerprint density at radius 2 is 1.96 bits per heavy atom. The van der Waals surface area contributed by atoms with Gasteiger partial charge in [0.15, 0.2) is 10.9 Å². The Hall–Kier alpha value is -2.54. The van der Waals surface area contributed by atoms with Gasteiger partial charge in [-0.15, -0.1) is 0 Å². The van der Waals surface area contributed by atoms with Crippen LogP contribution in [0.1, 0.15) is 36.2 Å². The summed E-state index contributed by atoms with van der Waals surface area (Å²) in [6.07, 6.45) is 1.78. The molecule has 138 valence electrons. The van der Waals surface area contributed by atoms with Crippen molar-refractivity contribution in [1.82, 2.24) is 9.55 Å². The fraction of sp³-hybridized carbons (Fsp3) is 0.250. The number of hydrogen-bond acceptors (Lipinski definition) is 4. The Bertz CT molecular complexity index is 1110. The summed E-state index contributed by atoms with van der Waals surface area (Å²) in [7, 11) is 0. The molecule has 1 aromatic heterocycles. The first-order valence-corrected chi connectivity index (χ1v) is 9.51. The molecular formula is C20H16F2N2O2S. The predicted molar refractivity (Wildman–Crippen MR) is 100 cm³/mol. The predicted octanol–water partition coefficient (Wildman–Crippen LogP) is 4.37. The third-order valence-corrected chi connectivity index (χ3v) is 5.60. The molecule has 2 aromatic carbocycles. The molecule has 0 spiro atoms. The maximum atomic E-state index is 13.9. The molecule has 1 aliphatic rings. The Balaban J connectivity index is 1.71. The Labute approximate surface area is 158 Å². The lowest BCUT2D eigenvalue weighted by Crippen LogP contribution is -2.24. The van der Waals surface area contributed by atoms with Gasteiger partial charge in [-0.2, -0.15) is 0 Å². The van der Waals surface area contributed by atoms with Gasteiger partial charge >= 0.3 is 0 Å². The highest BCUT2D eigenvalue weighted by molar-refractivity contribution is 8.00. The number of hydrogen-bond donors (Lipinski definition) is 0. The summed E-state index contributed by atoms with van der Waals surface area (Å²) in [6, 6.07) is 10.1. The van der Waals surface area contributed by atoms with Crippen LogP contribution in [0.2, 0.25) is 0 Å². The van der Waals surface area contributed by atoms with E-state index >= 15 is 0 Å². The second-order valence-electron chi connectivity index (χ2n) is 6.57. The third-order valence-electron chi connectivity index (χ3n) is 4.54. The summed E-state index contributed by atoms with van der Waals surface area (Å²) in [4.78, 5) is 30.1. The highest BCUT2D eigenvalue weighted by atomic mass is 32.2. The van der Waals surface area contributed by atoms with Crippen LogP contribution in [0.25, 0.3) is 10.9 Å². The van der Waals surface area contributed by atoms with E-state index in [0.29, 0.717) is 22.1 Å². The molecule has 1 aliphatic carbocycles. The SMILES string of the molecule is CC(Sc1nc2ccccc2c(=O)n1C1CC1)C(=O)c1ccc(F)cc1F. The number of fused-ring (bicyclic) bond motifs is 1. The van der Waals surface area contributed by atoms with Crippen LogP contribution >= 0.6 is 11.8 Å². The topological polar surface area (TPSA) is 52.0 Å². The Morgan fingerprint density at radius 1 is 1.22 bits per heavy atom. The van der Waals surface area contributed by atoms with Crippen molar-refractivity contribution in [2.24, 2.45) is 0 Å². The minimum atomic E-state index is -0.890. The number of carbonyl (C=O) groups is 1. The molecule has 1 atom stereocenters. The lowest BCUT2D eigenvalue weighted by atomic mass is 10.1.